The van der Waals surface area contributed by atoms with Gasteiger partial charge in [-0.2, -0.15) is 0 Å². The first-order chi connectivity index (χ1) is 9.13. The van der Waals surface area contributed by atoms with Gasteiger partial charge in [-0.25, -0.2) is 4.98 Å². The first-order valence-corrected chi connectivity index (χ1v) is 7.28. The SMILES string of the molecule is CCNC1C(n2cnc3ccccc32)CCC1(C)C. The van der Waals surface area contributed by atoms with Crippen molar-refractivity contribution in [1.82, 2.24) is 14.9 Å². The van der Waals surface area contributed by atoms with E-state index in [0.717, 1.165) is 12.1 Å². The van der Waals surface area contributed by atoms with E-state index in [0.29, 0.717) is 17.5 Å². The van der Waals surface area contributed by atoms with Gasteiger partial charge in [0, 0.05) is 6.04 Å². The molecule has 0 aliphatic heterocycles. The van der Waals surface area contributed by atoms with E-state index in [9.17, 15) is 0 Å². The molecule has 3 heteroatoms. The van der Waals surface area contributed by atoms with Gasteiger partial charge in [-0.05, 0) is 36.9 Å². The molecule has 1 aliphatic rings. The molecule has 0 amide bonds. The monoisotopic (exact) mass is 257 g/mol. The number of rotatable bonds is 3. The quantitative estimate of drug-likeness (QED) is 0.913. The van der Waals surface area contributed by atoms with Gasteiger partial charge >= 0.3 is 0 Å². The summed E-state index contributed by atoms with van der Waals surface area (Å²) in [6.07, 6.45) is 4.51. The van der Waals surface area contributed by atoms with Gasteiger partial charge in [-0.3, -0.25) is 0 Å². The first kappa shape index (κ1) is 12.7. The summed E-state index contributed by atoms with van der Waals surface area (Å²) in [5, 5.41) is 3.69. The number of benzene rings is 1. The van der Waals surface area contributed by atoms with Crippen LogP contribution in [-0.2, 0) is 0 Å². The third kappa shape index (κ3) is 2.06. The summed E-state index contributed by atoms with van der Waals surface area (Å²) in [6.45, 7) is 7.97. The molecule has 3 nitrogen and oxygen atoms in total. The minimum Gasteiger partial charge on any atom is -0.326 e. The fourth-order valence-electron chi connectivity index (χ4n) is 3.54. The maximum atomic E-state index is 4.54. The van der Waals surface area contributed by atoms with Crippen molar-refractivity contribution in [1.29, 1.82) is 0 Å². The van der Waals surface area contributed by atoms with Crippen molar-refractivity contribution in [2.24, 2.45) is 5.41 Å². The second-order valence-electron chi connectivity index (χ2n) is 6.27. The summed E-state index contributed by atoms with van der Waals surface area (Å²) in [5.41, 5.74) is 2.71. The number of para-hydroxylation sites is 2. The van der Waals surface area contributed by atoms with Gasteiger partial charge in [0.2, 0.25) is 0 Å². The molecule has 2 unspecified atom stereocenters. The lowest BCUT2D eigenvalue weighted by atomic mass is 9.86. The zero-order chi connectivity index (χ0) is 13.5. The van der Waals surface area contributed by atoms with Gasteiger partial charge < -0.3 is 9.88 Å². The summed E-state index contributed by atoms with van der Waals surface area (Å²) in [4.78, 5) is 4.54. The molecule has 1 N–H and O–H groups in total. The van der Waals surface area contributed by atoms with Crippen molar-refractivity contribution in [2.75, 3.05) is 6.54 Å². The normalized spacial score (nSPS) is 26.1. The third-order valence-electron chi connectivity index (χ3n) is 4.57. The molecule has 0 radical (unpaired) electrons. The van der Waals surface area contributed by atoms with E-state index in [1.807, 2.05) is 6.33 Å². The van der Waals surface area contributed by atoms with Crippen molar-refractivity contribution in [2.45, 2.75) is 45.7 Å². The number of aromatic nitrogens is 2. The lowest BCUT2D eigenvalue weighted by Crippen LogP contribution is -2.42. The number of nitrogens with one attached hydrogen (secondary N) is 1. The summed E-state index contributed by atoms with van der Waals surface area (Å²) < 4.78 is 2.37. The van der Waals surface area contributed by atoms with E-state index in [2.05, 4.69) is 59.9 Å². The molecule has 3 rings (SSSR count). The summed E-state index contributed by atoms with van der Waals surface area (Å²) in [6, 6.07) is 9.46. The molecule has 1 aromatic heterocycles. The van der Waals surface area contributed by atoms with Crippen LogP contribution in [0.15, 0.2) is 30.6 Å². The smallest absolute Gasteiger partial charge is 0.0961 e. The van der Waals surface area contributed by atoms with Crippen LogP contribution in [0.25, 0.3) is 11.0 Å². The maximum absolute atomic E-state index is 4.54. The number of likely N-dealkylation sites (N-methyl/N-ethyl adjacent to an activating group) is 1. The molecule has 0 bridgehead atoms. The third-order valence-corrected chi connectivity index (χ3v) is 4.57. The van der Waals surface area contributed by atoms with Crippen LogP contribution in [0.5, 0.6) is 0 Å². The van der Waals surface area contributed by atoms with Crippen LogP contribution in [0.4, 0.5) is 0 Å². The molecule has 2 aromatic rings. The Kier molecular flexibility index (Phi) is 3.09. The van der Waals surface area contributed by atoms with E-state index in [-0.39, 0.29) is 0 Å². The fourth-order valence-corrected chi connectivity index (χ4v) is 3.54. The molecule has 1 aliphatic carbocycles. The molecule has 1 saturated carbocycles. The molecule has 0 spiro atoms. The molecule has 1 aromatic carbocycles. The molecule has 1 heterocycles. The second-order valence-corrected chi connectivity index (χ2v) is 6.27. The van der Waals surface area contributed by atoms with Crippen molar-refractivity contribution in [3.8, 4) is 0 Å². The van der Waals surface area contributed by atoms with Gasteiger partial charge in [-0.1, -0.05) is 32.9 Å². The lowest BCUT2D eigenvalue weighted by molar-refractivity contribution is 0.254. The molecule has 2 atom stereocenters. The summed E-state index contributed by atoms with van der Waals surface area (Å²) in [7, 11) is 0. The van der Waals surface area contributed by atoms with Crippen molar-refractivity contribution in [3.63, 3.8) is 0 Å². The van der Waals surface area contributed by atoms with Crippen molar-refractivity contribution >= 4 is 11.0 Å². The van der Waals surface area contributed by atoms with Crippen molar-refractivity contribution < 1.29 is 0 Å². The Labute approximate surface area is 115 Å². The highest BCUT2D eigenvalue weighted by atomic mass is 15.1. The summed E-state index contributed by atoms with van der Waals surface area (Å²) in [5.74, 6) is 0. The van der Waals surface area contributed by atoms with E-state index in [1.165, 1.54) is 18.4 Å². The molecule has 0 saturated heterocycles. The number of hydrogen-bond donors (Lipinski definition) is 1. The zero-order valence-electron chi connectivity index (χ0n) is 12.1. The average Bonchev–Trinajstić information content (AvgIpc) is 2.93. The molecule has 102 valence electrons. The van der Waals surface area contributed by atoms with E-state index >= 15 is 0 Å². The van der Waals surface area contributed by atoms with Gasteiger partial charge in [0.15, 0.2) is 0 Å². The Morgan fingerprint density at radius 1 is 1.37 bits per heavy atom. The van der Waals surface area contributed by atoms with E-state index in [1.54, 1.807) is 0 Å². The predicted octanol–water partition coefficient (Wildman–Crippen LogP) is 3.38. The fraction of sp³-hybridized carbons (Fsp3) is 0.562. The number of fused-ring (bicyclic) bond motifs is 1. The Balaban J connectivity index is 2.01. The largest absolute Gasteiger partial charge is 0.326 e. The molecular weight excluding hydrogens is 234 g/mol. The van der Waals surface area contributed by atoms with Crippen LogP contribution in [0, 0.1) is 5.41 Å². The second kappa shape index (κ2) is 4.64. The highest BCUT2D eigenvalue weighted by molar-refractivity contribution is 5.75. The highest BCUT2D eigenvalue weighted by Crippen LogP contribution is 2.44. The van der Waals surface area contributed by atoms with Gasteiger partial charge in [-0.15, -0.1) is 0 Å². The van der Waals surface area contributed by atoms with E-state index < -0.39 is 0 Å². The molecule has 1 fully saturated rings. The Bertz CT molecular complexity index is 570. The maximum Gasteiger partial charge on any atom is 0.0961 e. The van der Waals surface area contributed by atoms with E-state index in [4.69, 9.17) is 0 Å². The average molecular weight is 257 g/mol. The Morgan fingerprint density at radius 2 is 2.16 bits per heavy atom. The summed E-state index contributed by atoms with van der Waals surface area (Å²) >= 11 is 0. The van der Waals surface area contributed by atoms with Crippen LogP contribution in [0.1, 0.15) is 39.7 Å². The van der Waals surface area contributed by atoms with Crippen LogP contribution < -0.4 is 5.32 Å². The standard InChI is InChI=1S/C16H23N3/c1-4-17-15-14(9-10-16(15,2)3)19-11-18-12-7-5-6-8-13(12)19/h5-8,11,14-15,17H,4,9-10H2,1-3H3. The zero-order valence-corrected chi connectivity index (χ0v) is 12.1. The van der Waals surface area contributed by atoms with Crippen LogP contribution in [0.3, 0.4) is 0 Å². The Morgan fingerprint density at radius 3 is 2.95 bits per heavy atom. The topological polar surface area (TPSA) is 29.9 Å². The number of nitrogens with zero attached hydrogens (tertiary/aromatic N) is 2. The Hall–Kier alpha value is -1.35. The van der Waals surface area contributed by atoms with Crippen LogP contribution in [0.2, 0.25) is 0 Å². The minimum absolute atomic E-state index is 0.353. The molecule has 19 heavy (non-hydrogen) atoms. The molecular formula is C16H23N3. The predicted molar refractivity (Wildman–Crippen MR) is 79.2 cm³/mol. The van der Waals surface area contributed by atoms with Crippen LogP contribution in [-0.4, -0.2) is 22.1 Å². The first-order valence-electron chi connectivity index (χ1n) is 7.28. The minimum atomic E-state index is 0.353. The van der Waals surface area contributed by atoms with Gasteiger partial charge in [0.1, 0.15) is 0 Å². The van der Waals surface area contributed by atoms with Gasteiger partial charge in [0.05, 0.1) is 23.4 Å². The number of hydrogen-bond acceptors (Lipinski definition) is 2. The highest BCUT2D eigenvalue weighted by Gasteiger charge is 2.42. The number of imidazole rings is 1. The van der Waals surface area contributed by atoms with Crippen LogP contribution >= 0.6 is 0 Å². The van der Waals surface area contributed by atoms with Gasteiger partial charge in [0.25, 0.3) is 0 Å². The lowest BCUT2D eigenvalue weighted by Gasteiger charge is -2.32. The van der Waals surface area contributed by atoms with Crippen molar-refractivity contribution in [3.05, 3.63) is 30.6 Å².